The minimum atomic E-state index is -0.856. The van der Waals surface area contributed by atoms with Crippen LogP contribution in [0.2, 0.25) is 0 Å². The number of rotatable bonds is 1. The van der Waals surface area contributed by atoms with E-state index < -0.39 is 11.0 Å². The van der Waals surface area contributed by atoms with E-state index in [0.717, 1.165) is 42.1 Å². The zero-order chi connectivity index (χ0) is 19.8. The molecule has 6 heteroatoms. The van der Waals surface area contributed by atoms with Crippen LogP contribution >= 0.6 is 0 Å². The quantitative estimate of drug-likeness (QED) is 0.819. The second-order valence-electron chi connectivity index (χ2n) is 8.33. The second-order valence-corrected chi connectivity index (χ2v) is 8.33. The monoisotopic (exact) mass is 383 g/mol. The lowest BCUT2D eigenvalue weighted by molar-refractivity contribution is -0.168. The zero-order valence-electron chi connectivity index (χ0n) is 17.3. The van der Waals surface area contributed by atoms with Crippen molar-refractivity contribution in [2.24, 2.45) is 7.05 Å². The number of aliphatic hydroxyl groups is 1. The fourth-order valence-corrected chi connectivity index (χ4v) is 6.33. The molecular weight excluding hydrogens is 354 g/mol. The third kappa shape index (κ3) is 1.79. The molecule has 0 amide bonds. The van der Waals surface area contributed by atoms with Crippen LogP contribution in [0.1, 0.15) is 48.8 Å². The summed E-state index contributed by atoms with van der Waals surface area (Å²) in [7, 11) is 5.79. The predicted octanol–water partition coefficient (Wildman–Crippen LogP) is 2.37. The first-order chi connectivity index (χ1) is 13.5. The van der Waals surface area contributed by atoms with Gasteiger partial charge in [-0.05, 0) is 38.1 Å². The van der Waals surface area contributed by atoms with Crippen LogP contribution in [-0.4, -0.2) is 52.1 Å². The number of piperidine rings is 1. The Labute approximate surface area is 166 Å². The van der Waals surface area contributed by atoms with Crippen molar-refractivity contribution in [1.82, 2.24) is 14.7 Å². The van der Waals surface area contributed by atoms with E-state index in [1.807, 2.05) is 37.8 Å². The number of fused-ring (bicyclic) bond motifs is 2. The minimum Gasteiger partial charge on any atom is -0.493 e. The van der Waals surface area contributed by atoms with Crippen LogP contribution in [0.15, 0.2) is 18.3 Å². The summed E-state index contributed by atoms with van der Waals surface area (Å²) in [5.74, 6) is 1.58. The van der Waals surface area contributed by atoms with E-state index in [4.69, 9.17) is 9.47 Å². The highest BCUT2D eigenvalue weighted by Gasteiger charge is 2.72. The van der Waals surface area contributed by atoms with E-state index in [0.29, 0.717) is 6.42 Å². The molecule has 6 rings (SSSR count). The Morgan fingerprint density at radius 1 is 1.25 bits per heavy atom. The summed E-state index contributed by atoms with van der Waals surface area (Å²) in [4.78, 5) is 2.33. The van der Waals surface area contributed by atoms with E-state index >= 15 is 0 Å². The van der Waals surface area contributed by atoms with Crippen molar-refractivity contribution in [2.75, 3.05) is 20.7 Å². The number of aromatic nitrogens is 2. The molecule has 1 N–H and O–H groups in total. The average molecular weight is 383 g/mol. The van der Waals surface area contributed by atoms with Gasteiger partial charge in [-0.2, -0.15) is 5.10 Å². The highest BCUT2D eigenvalue weighted by atomic mass is 16.5. The van der Waals surface area contributed by atoms with Crippen molar-refractivity contribution in [3.8, 4) is 11.5 Å². The SMILES string of the molecule is CC.COc1ccc2c3c1OC1c4c(cnn4C)CC4(O)C(C2)N(C)CCC314. The summed E-state index contributed by atoms with van der Waals surface area (Å²) < 4.78 is 14.2. The van der Waals surface area contributed by atoms with E-state index in [1.54, 1.807) is 7.11 Å². The molecule has 2 aliphatic heterocycles. The maximum absolute atomic E-state index is 12.2. The van der Waals surface area contributed by atoms with Gasteiger partial charge in [0.2, 0.25) is 0 Å². The van der Waals surface area contributed by atoms with Gasteiger partial charge in [0.25, 0.3) is 0 Å². The van der Waals surface area contributed by atoms with Gasteiger partial charge in [-0.3, -0.25) is 4.68 Å². The number of nitrogens with zero attached hydrogens (tertiary/aromatic N) is 3. The lowest BCUT2D eigenvalue weighted by Gasteiger charge is -2.62. The molecule has 28 heavy (non-hydrogen) atoms. The second kappa shape index (κ2) is 5.74. The molecule has 4 atom stereocenters. The molecule has 0 saturated carbocycles. The van der Waals surface area contributed by atoms with Crippen LogP contribution in [0, 0.1) is 0 Å². The van der Waals surface area contributed by atoms with Crippen molar-refractivity contribution < 1.29 is 14.6 Å². The van der Waals surface area contributed by atoms with E-state index in [1.165, 1.54) is 11.1 Å². The Morgan fingerprint density at radius 3 is 2.79 bits per heavy atom. The molecule has 150 valence electrons. The number of ether oxygens (including phenoxy) is 2. The Kier molecular flexibility index (Phi) is 3.69. The standard InChI is InChI=1S/C20H23N3O3.C2H6/c1-22-7-6-19-15-11-4-5-13(25-3)17(15)26-18(19)16-12(10-21-23(16)2)9-20(19,24)14(22)8-11;1-2/h4-5,10,14,18,24H,6-9H2,1-3H3;1-2H3. The Bertz CT molecular complexity index is 955. The molecule has 1 fully saturated rings. The summed E-state index contributed by atoms with van der Waals surface area (Å²) in [6.45, 7) is 4.95. The molecule has 1 aromatic carbocycles. The van der Waals surface area contributed by atoms with Gasteiger partial charge < -0.3 is 19.5 Å². The Morgan fingerprint density at radius 2 is 2.04 bits per heavy atom. The third-order valence-corrected chi connectivity index (χ3v) is 7.46. The molecule has 2 aromatic rings. The number of aryl methyl sites for hydroxylation is 1. The number of likely N-dealkylation sites (tertiary alicyclic amines) is 1. The Hall–Kier alpha value is -2.05. The van der Waals surface area contributed by atoms with Crippen LogP contribution in [0.25, 0.3) is 0 Å². The fraction of sp³-hybridized carbons (Fsp3) is 0.591. The third-order valence-electron chi connectivity index (χ3n) is 7.46. The summed E-state index contributed by atoms with van der Waals surface area (Å²) in [6.07, 6.45) is 4.02. The highest BCUT2D eigenvalue weighted by Crippen LogP contribution is 2.68. The van der Waals surface area contributed by atoms with Crippen molar-refractivity contribution in [1.29, 1.82) is 0 Å². The van der Waals surface area contributed by atoms with Crippen LogP contribution in [0.5, 0.6) is 11.5 Å². The first-order valence-electron chi connectivity index (χ1n) is 10.3. The minimum absolute atomic E-state index is 0.0857. The largest absolute Gasteiger partial charge is 0.493 e. The summed E-state index contributed by atoms with van der Waals surface area (Å²) in [6, 6.07) is 4.25. The molecule has 4 unspecified atom stereocenters. The van der Waals surface area contributed by atoms with E-state index in [-0.39, 0.29) is 12.1 Å². The van der Waals surface area contributed by atoms with Gasteiger partial charge in [0.15, 0.2) is 17.6 Å². The molecule has 4 aliphatic rings. The maximum atomic E-state index is 12.2. The lowest BCUT2D eigenvalue weighted by atomic mass is 9.49. The Balaban J connectivity index is 0.000000829. The molecule has 2 bridgehead atoms. The first-order valence-corrected chi connectivity index (χ1v) is 10.3. The van der Waals surface area contributed by atoms with E-state index in [2.05, 4.69) is 23.1 Å². The zero-order valence-corrected chi connectivity index (χ0v) is 17.3. The van der Waals surface area contributed by atoms with Crippen molar-refractivity contribution in [2.45, 2.75) is 56.3 Å². The molecule has 1 saturated heterocycles. The molecular formula is C22H29N3O3. The molecule has 1 aromatic heterocycles. The van der Waals surface area contributed by atoms with Gasteiger partial charge in [0.05, 0.1) is 30.0 Å². The number of hydrogen-bond acceptors (Lipinski definition) is 5. The summed E-state index contributed by atoms with van der Waals surface area (Å²) in [5, 5.41) is 16.7. The van der Waals surface area contributed by atoms with Crippen LogP contribution < -0.4 is 9.47 Å². The topological polar surface area (TPSA) is 59.8 Å². The van der Waals surface area contributed by atoms with Crippen LogP contribution in [-0.2, 0) is 25.3 Å². The lowest BCUT2D eigenvalue weighted by Crippen LogP contribution is -2.73. The van der Waals surface area contributed by atoms with Gasteiger partial charge in [0, 0.05) is 30.6 Å². The molecule has 1 spiro atoms. The average Bonchev–Trinajstić information content (AvgIpc) is 3.23. The van der Waals surface area contributed by atoms with Gasteiger partial charge in [0.1, 0.15) is 0 Å². The molecule has 6 nitrogen and oxygen atoms in total. The van der Waals surface area contributed by atoms with Gasteiger partial charge >= 0.3 is 0 Å². The smallest absolute Gasteiger partial charge is 0.166 e. The molecule has 3 heterocycles. The van der Waals surface area contributed by atoms with Crippen molar-refractivity contribution in [3.63, 3.8) is 0 Å². The number of methoxy groups -OCH3 is 1. The van der Waals surface area contributed by atoms with Gasteiger partial charge in [-0.1, -0.05) is 19.9 Å². The predicted molar refractivity (Wildman–Crippen MR) is 106 cm³/mol. The van der Waals surface area contributed by atoms with Crippen molar-refractivity contribution in [3.05, 3.63) is 40.7 Å². The normalized spacial score (nSPS) is 33.9. The molecule has 2 aliphatic carbocycles. The molecule has 0 radical (unpaired) electrons. The summed E-state index contributed by atoms with van der Waals surface area (Å²) in [5.41, 5.74) is 3.39. The van der Waals surface area contributed by atoms with Crippen molar-refractivity contribution >= 4 is 0 Å². The number of benzene rings is 1. The van der Waals surface area contributed by atoms with E-state index in [9.17, 15) is 5.11 Å². The van der Waals surface area contributed by atoms with Crippen LogP contribution in [0.4, 0.5) is 0 Å². The fourth-order valence-electron chi connectivity index (χ4n) is 6.33. The summed E-state index contributed by atoms with van der Waals surface area (Å²) >= 11 is 0. The number of hydrogen-bond donors (Lipinski definition) is 1. The first kappa shape index (κ1) is 18.0. The maximum Gasteiger partial charge on any atom is 0.166 e. The van der Waals surface area contributed by atoms with Gasteiger partial charge in [-0.25, -0.2) is 0 Å². The van der Waals surface area contributed by atoms with Gasteiger partial charge in [-0.15, -0.1) is 0 Å². The number of likely N-dealkylation sites (N-methyl/N-ethyl adjacent to an activating group) is 1. The van der Waals surface area contributed by atoms with Crippen LogP contribution in [0.3, 0.4) is 0 Å². The highest BCUT2D eigenvalue weighted by molar-refractivity contribution is 5.64.